The quantitative estimate of drug-likeness (QED) is 0.936. The van der Waals surface area contributed by atoms with Gasteiger partial charge in [0.2, 0.25) is 5.82 Å². The van der Waals surface area contributed by atoms with E-state index in [1.165, 1.54) is 6.07 Å². The maximum absolute atomic E-state index is 13.2. The van der Waals surface area contributed by atoms with Gasteiger partial charge in [-0.05, 0) is 32.0 Å². The largest absolute Gasteiger partial charge is 0.491 e. The van der Waals surface area contributed by atoms with Crippen molar-refractivity contribution in [3.8, 4) is 17.1 Å². The van der Waals surface area contributed by atoms with Crippen LogP contribution in [0.5, 0.6) is 5.75 Å². The zero-order chi connectivity index (χ0) is 16.5. The molecule has 0 saturated carbocycles. The topological polar surface area (TPSA) is 91.2 Å². The second-order valence-corrected chi connectivity index (χ2v) is 4.66. The summed E-state index contributed by atoms with van der Waals surface area (Å²) < 4.78 is 49.3. The molecule has 9 heteroatoms. The van der Waals surface area contributed by atoms with Crippen molar-refractivity contribution in [3.05, 3.63) is 29.7 Å². The van der Waals surface area contributed by atoms with Gasteiger partial charge in [-0.25, -0.2) is 0 Å². The van der Waals surface area contributed by atoms with Crippen LogP contribution in [-0.2, 0) is 6.18 Å². The van der Waals surface area contributed by atoms with Gasteiger partial charge in [0.25, 0.3) is 0 Å². The average Bonchev–Trinajstić information content (AvgIpc) is 2.86. The van der Waals surface area contributed by atoms with Crippen molar-refractivity contribution < 1.29 is 27.2 Å². The maximum atomic E-state index is 13.2. The molecule has 0 unspecified atom stereocenters. The van der Waals surface area contributed by atoms with Crippen molar-refractivity contribution in [1.29, 1.82) is 0 Å². The summed E-state index contributed by atoms with van der Waals surface area (Å²) in [6.07, 6.45) is -4.93. The number of carbonyl (C=O) groups excluding carboxylic acids is 1. The molecule has 0 atom stereocenters. The first-order chi connectivity index (χ1) is 10.2. The summed E-state index contributed by atoms with van der Waals surface area (Å²) in [6, 6.07) is 3.34. The van der Waals surface area contributed by atoms with E-state index < -0.39 is 23.5 Å². The molecule has 1 aromatic carbocycles. The normalized spacial score (nSPS) is 11.7. The second-order valence-electron chi connectivity index (χ2n) is 4.66. The smallest absolute Gasteiger partial charge is 0.417 e. The van der Waals surface area contributed by atoms with Gasteiger partial charge in [0.15, 0.2) is 0 Å². The van der Waals surface area contributed by atoms with E-state index in [4.69, 9.17) is 10.5 Å². The zero-order valence-electron chi connectivity index (χ0n) is 11.6. The number of alkyl halides is 3. The number of nitrogens with two attached hydrogens (primary N) is 1. The highest BCUT2D eigenvalue weighted by atomic mass is 19.4. The van der Waals surface area contributed by atoms with Gasteiger partial charge >= 0.3 is 18.0 Å². The Bertz CT molecular complexity index is 695. The van der Waals surface area contributed by atoms with Gasteiger partial charge in [-0.3, -0.25) is 4.79 Å². The molecule has 0 aliphatic carbocycles. The van der Waals surface area contributed by atoms with Gasteiger partial charge < -0.3 is 15.0 Å². The van der Waals surface area contributed by atoms with E-state index >= 15 is 0 Å². The predicted molar refractivity (Wildman–Crippen MR) is 69.0 cm³/mol. The molecule has 118 valence electrons. The fourth-order valence-electron chi connectivity index (χ4n) is 1.73. The van der Waals surface area contributed by atoms with E-state index in [1.54, 1.807) is 13.8 Å². The van der Waals surface area contributed by atoms with E-state index in [-0.39, 0.29) is 23.2 Å². The number of primary amides is 1. The van der Waals surface area contributed by atoms with Crippen LogP contribution in [0, 0.1) is 0 Å². The second kappa shape index (κ2) is 5.66. The van der Waals surface area contributed by atoms with Crippen LogP contribution in [0.2, 0.25) is 0 Å². The summed E-state index contributed by atoms with van der Waals surface area (Å²) in [6.45, 7) is 3.39. The molecule has 0 spiro atoms. The molecule has 0 fully saturated rings. The lowest BCUT2D eigenvalue weighted by molar-refractivity contribution is -0.137. The Hall–Kier alpha value is -2.58. The van der Waals surface area contributed by atoms with Crippen LogP contribution in [0.1, 0.15) is 30.1 Å². The first-order valence-electron chi connectivity index (χ1n) is 6.20. The minimum absolute atomic E-state index is 0.0599. The first-order valence-corrected chi connectivity index (χ1v) is 6.20. The number of hydrogen-bond acceptors (Lipinski definition) is 5. The summed E-state index contributed by atoms with van der Waals surface area (Å²) in [5, 5.41) is 3.34. The fourth-order valence-corrected chi connectivity index (χ4v) is 1.73. The van der Waals surface area contributed by atoms with Gasteiger partial charge in [0.05, 0.1) is 11.7 Å². The van der Waals surface area contributed by atoms with Gasteiger partial charge in [0.1, 0.15) is 5.75 Å². The van der Waals surface area contributed by atoms with Crippen molar-refractivity contribution >= 4 is 5.91 Å². The van der Waals surface area contributed by atoms with Gasteiger partial charge in [-0.2, -0.15) is 18.2 Å². The highest BCUT2D eigenvalue weighted by Gasteiger charge is 2.35. The van der Waals surface area contributed by atoms with Gasteiger partial charge in [0, 0.05) is 5.56 Å². The van der Waals surface area contributed by atoms with Gasteiger partial charge in [-0.1, -0.05) is 5.16 Å². The number of benzene rings is 1. The Kier molecular flexibility index (Phi) is 4.07. The van der Waals surface area contributed by atoms with Crippen LogP contribution in [0.3, 0.4) is 0 Å². The first kappa shape index (κ1) is 15.8. The lowest BCUT2D eigenvalue weighted by Gasteiger charge is -2.14. The summed E-state index contributed by atoms with van der Waals surface area (Å²) >= 11 is 0. The molecule has 0 aliphatic heterocycles. The Balaban J connectivity index is 2.52. The molecule has 0 saturated heterocycles. The zero-order valence-corrected chi connectivity index (χ0v) is 11.6. The van der Waals surface area contributed by atoms with E-state index in [2.05, 4.69) is 14.7 Å². The monoisotopic (exact) mass is 315 g/mol. The molecule has 2 aromatic rings. The molecule has 0 radical (unpaired) electrons. The molecule has 6 nitrogen and oxygen atoms in total. The third kappa shape index (κ3) is 3.35. The highest BCUT2D eigenvalue weighted by Crippen LogP contribution is 2.38. The minimum Gasteiger partial charge on any atom is -0.491 e. The standard InChI is InChI=1S/C13H12F3N3O3/c1-6(2)21-7-3-4-8(9(5-7)13(14,15)16)11-18-12(10(17)20)22-19-11/h3-6H,1-2H3,(H2,17,20). The van der Waals surface area contributed by atoms with Crippen LogP contribution < -0.4 is 10.5 Å². The van der Waals surface area contributed by atoms with E-state index in [1.807, 2.05) is 0 Å². The predicted octanol–water partition coefficient (Wildman–Crippen LogP) is 2.64. The molecule has 0 bridgehead atoms. The molecular formula is C13H12F3N3O3. The lowest BCUT2D eigenvalue weighted by Crippen LogP contribution is -2.12. The summed E-state index contributed by atoms with van der Waals surface area (Å²) in [5.74, 6) is -1.90. The summed E-state index contributed by atoms with van der Waals surface area (Å²) in [7, 11) is 0. The molecular weight excluding hydrogens is 303 g/mol. The van der Waals surface area contributed by atoms with Crippen LogP contribution in [-0.4, -0.2) is 22.2 Å². The molecule has 1 heterocycles. The van der Waals surface area contributed by atoms with E-state index in [0.29, 0.717) is 0 Å². The molecule has 1 aromatic heterocycles. The van der Waals surface area contributed by atoms with E-state index in [9.17, 15) is 18.0 Å². The van der Waals surface area contributed by atoms with E-state index in [0.717, 1.165) is 12.1 Å². The Morgan fingerprint density at radius 1 is 1.36 bits per heavy atom. The number of nitrogens with zero attached hydrogens (tertiary/aromatic N) is 2. The fraction of sp³-hybridized carbons (Fsp3) is 0.308. The number of carbonyl (C=O) groups is 1. The Morgan fingerprint density at radius 2 is 2.05 bits per heavy atom. The number of amides is 1. The molecule has 1 amide bonds. The highest BCUT2D eigenvalue weighted by molar-refractivity contribution is 5.88. The van der Waals surface area contributed by atoms with Crippen LogP contribution in [0.15, 0.2) is 22.7 Å². The van der Waals surface area contributed by atoms with Crippen LogP contribution >= 0.6 is 0 Å². The molecule has 22 heavy (non-hydrogen) atoms. The summed E-state index contributed by atoms with van der Waals surface area (Å²) in [4.78, 5) is 14.4. The number of halogens is 3. The van der Waals surface area contributed by atoms with Crippen molar-refractivity contribution in [2.24, 2.45) is 5.73 Å². The number of ether oxygens (including phenoxy) is 1. The minimum atomic E-state index is -4.65. The Morgan fingerprint density at radius 3 is 2.55 bits per heavy atom. The maximum Gasteiger partial charge on any atom is 0.417 e. The van der Waals surface area contributed by atoms with Crippen LogP contribution in [0.4, 0.5) is 13.2 Å². The SMILES string of the molecule is CC(C)Oc1ccc(-c2noc(C(N)=O)n2)c(C(F)(F)F)c1. The lowest BCUT2D eigenvalue weighted by atomic mass is 10.1. The van der Waals surface area contributed by atoms with Crippen molar-refractivity contribution in [1.82, 2.24) is 10.1 Å². The third-order valence-corrected chi connectivity index (χ3v) is 2.55. The van der Waals surface area contributed by atoms with Crippen molar-refractivity contribution in [2.45, 2.75) is 26.1 Å². The molecule has 2 rings (SSSR count). The number of aromatic nitrogens is 2. The number of hydrogen-bond donors (Lipinski definition) is 1. The number of rotatable bonds is 4. The van der Waals surface area contributed by atoms with Crippen LogP contribution in [0.25, 0.3) is 11.4 Å². The van der Waals surface area contributed by atoms with Gasteiger partial charge in [-0.15, -0.1) is 0 Å². The molecule has 2 N–H and O–H groups in total. The third-order valence-electron chi connectivity index (χ3n) is 2.55. The van der Waals surface area contributed by atoms with Crippen molar-refractivity contribution in [2.75, 3.05) is 0 Å². The Labute approximate surface area is 123 Å². The molecule has 0 aliphatic rings. The average molecular weight is 315 g/mol. The van der Waals surface area contributed by atoms with Crippen molar-refractivity contribution in [3.63, 3.8) is 0 Å². The summed E-state index contributed by atoms with van der Waals surface area (Å²) in [5.41, 5.74) is 3.60.